The molecule has 0 aromatic carbocycles. The number of aromatic nitrogens is 3. The molecule has 1 aliphatic heterocycles. The summed E-state index contributed by atoms with van der Waals surface area (Å²) in [7, 11) is 1.68. The zero-order valence-corrected chi connectivity index (χ0v) is 15.9. The Labute approximate surface area is 163 Å². The molecule has 0 unspecified atom stereocenters. The molecule has 2 N–H and O–H groups in total. The van der Waals surface area contributed by atoms with Crippen molar-refractivity contribution in [1.82, 2.24) is 14.6 Å². The number of methoxy groups -OCH3 is 1. The van der Waals surface area contributed by atoms with Crippen LogP contribution in [0.25, 0.3) is 16.6 Å². The van der Waals surface area contributed by atoms with E-state index in [0.29, 0.717) is 24.5 Å². The molecule has 1 saturated heterocycles. The van der Waals surface area contributed by atoms with Crippen LogP contribution in [-0.2, 0) is 4.74 Å². The summed E-state index contributed by atoms with van der Waals surface area (Å²) in [5.74, 6) is 1.54. The molecule has 0 spiro atoms. The number of pyridine rings is 2. The molecule has 0 aliphatic carbocycles. The third-order valence-corrected chi connectivity index (χ3v) is 5.01. The Balaban J connectivity index is 1.72. The molecular weight excluding hydrogens is 356 g/mol. The second-order valence-electron chi connectivity index (χ2n) is 6.73. The second-order valence-corrected chi connectivity index (χ2v) is 6.73. The van der Waals surface area contributed by atoms with Crippen molar-refractivity contribution < 1.29 is 9.47 Å². The Bertz CT molecular complexity index is 1020. The van der Waals surface area contributed by atoms with Crippen LogP contribution in [0.1, 0.15) is 12.5 Å². The van der Waals surface area contributed by atoms with E-state index in [2.05, 4.69) is 21.1 Å². The molecule has 1 fully saturated rings. The lowest BCUT2D eigenvalue weighted by Gasteiger charge is -2.17. The minimum absolute atomic E-state index is 0.00829. The maximum Gasteiger partial charge on any atom is 0.138 e. The molecule has 144 valence electrons. The summed E-state index contributed by atoms with van der Waals surface area (Å²) < 4.78 is 12.8. The van der Waals surface area contributed by atoms with E-state index in [9.17, 15) is 5.26 Å². The number of nitriles is 1. The molecule has 28 heavy (non-hydrogen) atoms. The van der Waals surface area contributed by atoms with Crippen LogP contribution in [-0.4, -0.2) is 53.6 Å². The number of rotatable bonds is 5. The van der Waals surface area contributed by atoms with Crippen molar-refractivity contribution in [2.75, 3.05) is 31.7 Å². The van der Waals surface area contributed by atoms with Gasteiger partial charge in [0.25, 0.3) is 0 Å². The number of fused-ring (bicyclic) bond motifs is 1. The van der Waals surface area contributed by atoms with E-state index in [1.165, 1.54) is 0 Å². The monoisotopic (exact) mass is 378 g/mol. The predicted octanol–water partition coefficient (Wildman–Crippen LogP) is 1.83. The van der Waals surface area contributed by atoms with Gasteiger partial charge in [0.15, 0.2) is 0 Å². The molecule has 0 bridgehead atoms. The fraction of sp³-hybridized carbons (Fsp3) is 0.350. The van der Waals surface area contributed by atoms with Crippen LogP contribution in [0.4, 0.5) is 5.82 Å². The van der Waals surface area contributed by atoms with Crippen molar-refractivity contribution in [2.24, 2.45) is 5.73 Å². The Kier molecular flexibility index (Phi) is 4.86. The van der Waals surface area contributed by atoms with E-state index in [1.807, 2.05) is 25.1 Å². The quantitative estimate of drug-likeness (QED) is 0.722. The number of hydrogen-bond acceptors (Lipinski definition) is 7. The Morgan fingerprint density at radius 1 is 1.32 bits per heavy atom. The van der Waals surface area contributed by atoms with Crippen molar-refractivity contribution >= 4 is 11.3 Å². The number of nitrogens with two attached hydrogens (primary N) is 1. The summed E-state index contributed by atoms with van der Waals surface area (Å²) in [5, 5.41) is 13.7. The molecular formula is C20H22N6O2. The van der Waals surface area contributed by atoms with Gasteiger partial charge in [-0.1, -0.05) is 0 Å². The molecule has 3 aromatic heterocycles. The summed E-state index contributed by atoms with van der Waals surface area (Å²) in [6.07, 6.45) is 5.16. The second kappa shape index (κ2) is 7.46. The summed E-state index contributed by atoms with van der Waals surface area (Å²) >= 11 is 0. The highest BCUT2D eigenvalue weighted by Crippen LogP contribution is 2.31. The van der Waals surface area contributed by atoms with E-state index in [0.717, 1.165) is 29.0 Å². The maximum absolute atomic E-state index is 9.45. The summed E-state index contributed by atoms with van der Waals surface area (Å²) in [4.78, 5) is 6.74. The molecule has 4 heterocycles. The van der Waals surface area contributed by atoms with Crippen LogP contribution in [0.5, 0.6) is 5.75 Å². The molecule has 3 aromatic rings. The largest absolute Gasteiger partial charge is 0.492 e. The summed E-state index contributed by atoms with van der Waals surface area (Å²) in [6.45, 7) is 3.90. The third kappa shape index (κ3) is 3.15. The van der Waals surface area contributed by atoms with Gasteiger partial charge < -0.3 is 20.1 Å². The van der Waals surface area contributed by atoms with Crippen molar-refractivity contribution in [3.05, 3.63) is 42.4 Å². The van der Waals surface area contributed by atoms with Crippen LogP contribution in [0.15, 0.2) is 36.8 Å². The number of nitrogens with zero attached hydrogens (tertiary/aromatic N) is 5. The van der Waals surface area contributed by atoms with Gasteiger partial charge in [-0.05, 0) is 25.1 Å². The van der Waals surface area contributed by atoms with Crippen LogP contribution in [0.2, 0.25) is 0 Å². The van der Waals surface area contributed by atoms with Gasteiger partial charge in [-0.15, -0.1) is 0 Å². The van der Waals surface area contributed by atoms with E-state index in [1.54, 1.807) is 30.2 Å². The summed E-state index contributed by atoms with van der Waals surface area (Å²) in [5.41, 5.74) is 9.11. The van der Waals surface area contributed by atoms with Gasteiger partial charge >= 0.3 is 0 Å². The predicted molar refractivity (Wildman–Crippen MR) is 105 cm³/mol. The number of hydrogen-bond donors (Lipinski definition) is 1. The van der Waals surface area contributed by atoms with E-state index < -0.39 is 0 Å². The van der Waals surface area contributed by atoms with E-state index in [4.69, 9.17) is 15.2 Å². The highest BCUT2D eigenvalue weighted by molar-refractivity contribution is 5.85. The van der Waals surface area contributed by atoms with E-state index in [-0.39, 0.29) is 12.1 Å². The molecule has 1 aliphatic rings. The highest BCUT2D eigenvalue weighted by atomic mass is 16.5. The first-order valence-electron chi connectivity index (χ1n) is 9.18. The SMILES string of the molecule is CCOc1cc(-c2ccc(N3C[C@@H](N)[C@H](OC)C3)nc2)c2c(C#N)cnn2c1. The minimum atomic E-state index is -0.0287. The first kappa shape index (κ1) is 18.2. The zero-order valence-electron chi connectivity index (χ0n) is 15.9. The van der Waals surface area contributed by atoms with Crippen molar-refractivity contribution in [3.8, 4) is 22.9 Å². The number of anilines is 1. The average molecular weight is 378 g/mol. The van der Waals surface area contributed by atoms with Gasteiger partial charge in [0.1, 0.15) is 17.6 Å². The molecule has 4 rings (SSSR count). The van der Waals surface area contributed by atoms with Crippen molar-refractivity contribution in [1.29, 1.82) is 5.26 Å². The first-order chi connectivity index (χ1) is 13.6. The van der Waals surface area contributed by atoms with Crippen LogP contribution in [0.3, 0.4) is 0 Å². The normalized spacial score (nSPS) is 19.1. The van der Waals surface area contributed by atoms with Gasteiger partial charge in [0.05, 0.1) is 42.2 Å². The average Bonchev–Trinajstić information content (AvgIpc) is 3.30. The van der Waals surface area contributed by atoms with Gasteiger partial charge in [0, 0.05) is 37.5 Å². The van der Waals surface area contributed by atoms with Crippen LogP contribution in [0, 0.1) is 11.3 Å². The van der Waals surface area contributed by atoms with Crippen molar-refractivity contribution in [2.45, 2.75) is 19.1 Å². The lowest BCUT2D eigenvalue weighted by molar-refractivity contribution is 0.108. The minimum Gasteiger partial charge on any atom is -0.492 e. The van der Waals surface area contributed by atoms with Crippen molar-refractivity contribution in [3.63, 3.8) is 0 Å². The summed E-state index contributed by atoms with van der Waals surface area (Å²) in [6, 6.07) is 8.05. The molecule has 0 amide bonds. The zero-order chi connectivity index (χ0) is 19.7. The molecule has 8 heteroatoms. The molecule has 0 saturated carbocycles. The highest BCUT2D eigenvalue weighted by Gasteiger charge is 2.30. The topological polar surface area (TPSA) is 102 Å². The fourth-order valence-electron chi connectivity index (χ4n) is 3.61. The first-order valence-corrected chi connectivity index (χ1v) is 9.18. The number of ether oxygens (including phenoxy) is 2. The van der Waals surface area contributed by atoms with Gasteiger partial charge in [-0.25, -0.2) is 9.50 Å². The van der Waals surface area contributed by atoms with Gasteiger partial charge in [-0.3, -0.25) is 0 Å². The third-order valence-electron chi connectivity index (χ3n) is 5.01. The lowest BCUT2D eigenvalue weighted by Crippen LogP contribution is -2.34. The van der Waals surface area contributed by atoms with Gasteiger partial charge in [0.2, 0.25) is 0 Å². The smallest absolute Gasteiger partial charge is 0.138 e. The van der Waals surface area contributed by atoms with Gasteiger partial charge in [-0.2, -0.15) is 10.4 Å². The van der Waals surface area contributed by atoms with Crippen LogP contribution >= 0.6 is 0 Å². The fourth-order valence-corrected chi connectivity index (χ4v) is 3.61. The standard InChI is InChI=1S/C20H22N6O2/c1-3-28-15-6-16(20-14(7-21)9-24-26(20)10-15)13-4-5-19(23-8-13)25-11-17(22)18(12-25)27-2/h4-6,8-10,17-18H,3,11-12,22H2,1-2H3/t17-,18-/m1/s1. The maximum atomic E-state index is 9.45. The lowest BCUT2D eigenvalue weighted by atomic mass is 10.1. The molecule has 2 atom stereocenters. The van der Waals surface area contributed by atoms with Crippen LogP contribution < -0.4 is 15.4 Å². The Morgan fingerprint density at radius 2 is 2.18 bits per heavy atom. The molecule has 0 radical (unpaired) electrons. The van der Waals surface area contributed by atoms with E-state index >= 15 is 0 Å². The Hall–Kier alpha value is -3.15. The Morgan fingerprint density at radius 3 is 2.82 bits per heavy atom. The molecule has 8 nitrogen and oxygen atoms in total.